The molecule has 0 saturated heterocycles. The van der Waals surface area contributed by atoms with Crippen molar-refractivity contribution in [3.8, 4) is 0 Å². The van der Waals surface area contributed by atoms with E-state index in [1.54, 1.807) is 0 Å². The van der Waals surface area contributed by atoms with Crippen molar-refractivity contribution in [1.29, 1.82) is 0 Å². The third-order valence-electron chi connectivity index (χ3n) is 5.51. The van der Waals surface area contributed by atoms with E-state index in [1.807, 2.05) is 0 Å². The highest BCUT2D eigenvalue weighted by molar-refractivity contribution is 7.91. The van der Waals surface area contributed by atoms with E-state index in [-0.39, 0.29) is 20.0 Å². The summed E-state index contributed by atoms with van der Waals surface area (Å²) in [5.41, 5.74) is 1.25. The first-order valence-corrected chi connectivity index (χ1v) is 20.3. The molecule has 0 radical (unpaired) electrons. The quantitative estimate of drug-likeness (QED) is 0.283. The summed E-state index contributed by atoms with van der Waals surface area (Å²) in [6, 6.07) is 19.7. The van der Waals surface area contributed by atoms with E-state index in [0.717, 1.165) is 0 Å². The molecule has 0 nitrogen and oxygen atoms in total. The number of aryl methyl sites for hydroxylation is 1. The minimum Gasteiger partial charge on any atom is -0.139 e. The fraction of sp³-hybridized carbons (Fsp3) is 0.400. The molecule has 0 bridgehead atoms. The number of hydrogen-bond acceptors (Lipinski definition) is 0. The Hall–Kier alpha value is 0.314. The summed E-state index contributed by atoms with van der Waals surface area (Å²) in [6.45, 7) is 13.9. The van der Waals surface area contributed by atoms with E-state index in [0.29, 0.717) is 0 Å². The molecule has 0 spiro atoms. The molecule has 0 aromatic heterocycles. The lowest BCUT2D eigenvalue weighted by Crippen LogP contribution is -2.72. The molecule has 2 aromatic rings. The normalized spacial score (nSPS) is 13.5. The highest BCUT2D eigenvalue weighted by Gasteiger charge is 2.65. The van der Waals surface area contributed by atoms with Crippen LogP contribution in [0.3, 0.4) is 0 Å². The molecule has 6 heteroatoms. The first-order valence-electron chi connectivity index (χ1n) is 8.85. The van der Waals surface area contributed by atoms with Gasteiger partial charge in [-0.3, -0.25) is 0 Å². The summed E-state index contributed by atoms with van der Waals surface area (Å²) >= 11 is 15.1. The van der Waals surface area contributed by atoms with Crippen molar-refractivity contribution in [2.24, 2.45) is 0 Å². The zero-order valence-electron chi connectivity index (χ0n) is 16.8. The van der Waals surface area contributed by atoms with Crippen molar-refractivity contribution in [3.63, 3.8) is 0 Å². The molecule has 0 amide bonds. The topological polar surface area (TPSA) is 0 Å². The summed E-state index contributed by atoms with van der Waals surface area (Å²) in [5, 5.41) is 2.65. The Morgan fingerprint density at radius 3 is 1.62 bits per heavy atom. The molecule has 0 atom stereocenters. The van der Waals surface area contributed by atoms with Crippen LogP contribution in [-0.2, 0) is 0 Å². The molecule has 0 aliphatic carbocycles. The molecule has 0 unspecified atom stereocenters. The number of benzene rings is 2. The van der Waals surface area contributed by atoms with Gasteiger partial charge in [0.2, 0.25) is 0 Å². The second kappa shape index (κ2) is 8.36. The number of halogens is 2. The summed E-state index contributed by atoms with van der Waals surface area (Å²) in [4.78, 5) is 0. The molecule has 2 aromatic carbocycles. The fourth-order valence-corrected chi connectivity index (χ4v) is 40.2. The Morgan fingerprint density at radius 1 is 0.731 bits per heavy atom. The van der Waals surface area contributed by atoms with Crippen molar-refractivity contribution >= 4 is 63.1 Å². The van der Waals surface area contributed by atoms with Gasteiger partial charge in [-0.25, -0.2) is 0 Å². The van der Waals surface area contributed by atoms with Crippen LogP contribution < -0.4 is 10.4 Å². The first kappa shape index (κ1) is 22.6. The average molecular weight is 459 g/mol. The van der Waals surface area contributed by atoms with Gasteiger partial charge in [-0.2, -0.15) is 0 Å². The molecule has 142 valence electrons. The van der Waals surface area contributed by atoms with Crippen LogP contribution in [0.4, 0.5) is 0 Å². The van der Waals surface area contributed by atoms with Crippen LogP contribution in [0.5, 0.6) is 0 Å². The molecule has 0 saturated carbocycles. The monoisotopic (exact) mass is 458 g/mol. The average Bonchev–Trinajstić information content (AvgIpc) is 2.55. The van der Waals surface area contributed by atoms with Gasteiger partial charge in [0.1, 0.15) is 0 Å². The Morgan fingerprint density at radius 2 is 1.19 bits per heavy atom. The lowest BCUT2D eigenvalue weighted by Gasteiger charge is -2.57. The van der Waals surface area contributed by atoms with Crippen molar-refractivity contribution in [1.82, 2.24) is 0 Å². The molecule has 0 N–H and O–H groups in total. The van der Waals surface area contributed by atoms with Gasteiger partial charge in [-0.15, -0.1) is 38.0 Å². The minimum absolute atomic E-state index is 0.0321. The van der Waals surface area contributed by atoms with Gasteiger partial charge in [0.25, 0.3) is 6.69 Å². The molecule has 26 heavy (non-hydrogen) atoms. The second-order valence-corrected chi connectivity index (χ2v) is 26.4. The molecule has 0 fully saturated rings. The first-order chi connectivity index (χ1) is 12.0. The smallest absolute Gasteiger partial charge is 0.139 e. The Balaban J connectivity index is 2.79. The van der Waals surface area contributed by atoms with E-state index in [4.69, 9.17) is 22.2 Å². The van der Waals surface area contributed by atoms with Crippen LogP contribution in [0, 0.1) is 6.92 Å². The predicted octanol–water partition coefficient (Wildman–Crippen LogP) is 6.00. The lowest BCUT2D eigenvalue weighted by molar-refractivity contribution is 1.43. The maximum absolute atomic E-state index is 7.53. The van der Waals surface area contributed by atoms with Crippen LogP contribution in [0.1, 0.15) is 5.56 Å². The van der Waals surface area contributed by atoms with E-state index in [2.05, 4.69) is 101 Å². The zero-order valence-corrected chi connectivity index (χ0v) is 22.1. The maximum Gasteiger partial charge on any atom is 0.292 e. The predicted molar refractivity (Wildman–Crippen MR) is 132 cm³/mol. The largest absolute Gasteiger partial charge is 0.292 e. The van der Waals surface area contributed by atoms with Gasteiger partial charge in [0.15, 0.2) is 0 Å². The minimum atomic E-state index is -2.76. The third-order valence-corrected chi connectivity index (χ3v) is 35.2. The lowest BCUT2D eigenvalue weighted by atomic mass is 10.2. The highest BCUT2D eigenvalue weighted by Crippen LogP contribution is 2.70. The van der Waals surface area contributed by atoms with Gasteiger partial charge >= 0.3 is 0 Å². The standard InChI is InChI=1S/C20H30Cl2P2Si2/c1-17-13-15-19(16-14-17)26(21,22)20(23(2)3,24(4)5)25(6,7)18-11-9-8-10-12-18/h8-16H,1-7H3. The molecular weight excluding hydrogens is 429 g/mol. The van der Waals surface area contributed by atoms with Crippen LogP contribution in [0.2, 0.25) is 13.1 Å². The second-order valence-electron chi connectivity index (χ2n) is 7.89. The van der Waals surface area contributed by atoms with E-state index < -0.39 is 14.8 Å². The summed E-state index contributed by atoms with van der Waals surface area (Å²) < 4.78 is 0.0321. The molecular formula is C20H30Cl2P2Si2. The van der Waals surface area contributed by atoms with E-state index in [1.165, 1.54) is 15.9 Å². The van der Waals surface area contributed by atoms with Crippen LogP contribution in [0.25, 0.3) is 0 Å². The van der Waals surface area contributed by atoms with Gasteiger partial charge in [0.05, 0.1) is 8.07 Å². The van der Waals surface area contributed by atoms with Crippen molar-refractivity contribution in [3.05, 3.63) is 60.2 Å². The Bertz CT molecular complexity index is 721. The fourth-order valence-electron chi connectivity index (χ4n) is 4.49. The Kier molecular flexibility index (Phi) is 7.27. The maximum atomic E-state index is 7.53. The van der Waals surface area contributed by atoms with E-state index in [9.17, 15) is 0 Å². The summed E-state index contributed by atoms with van der Waals surface area (Å²) in [6.07, 6.45) is 0. The summed E-state index contributed by atoms with van der Waals surface area (Å²) in [5.74, 6) is 0. The SMILES string of the molecule is Cc1ccc([Si](Cl)(Cl)C(P(C)C)(P(C)C)[Si](C)(C)c2ccccc2)cc1. The highest BCUT2D eigenvalue weighted by atomic mass is 35.7. The van der Waals surface area contributed by atoms with Crippen LogP contribution >= 0.6 is 38.0 Å². The van der Waals surface area contributed by atoms with Gasteiger partial charge < -0.3 is 0 Å². The van der Waals surface area contributed by atoms with Crippen LogP contribution in [0.15, 0.2) is 54.6 Å². The molecule has 0 heterocycles. The molecule has 0 aliphatic rings. The number of hydrogen-bond donors (Lipinski definition) is 0. The zero-order chi connectivity index (χ0) is 19.8. The van der Waals surface area contributed by atoms with Gasteiger partial charge in [-0.05, 0) is 38.8 Å². The third kappa shape index (κ3) is 3.63. The molecule has 2 rings (SSSR count). The van der Waals surface area contributed by atoms with Gasteiger partial charge in [0, 0.05) is 4.14 Å². The Labute approximate surface area is 173 Å². The number of rotatable bonds is 6. The summed E-state index contributed by atoms with van der Waals surface area (Å²) in [7, 11) is -2.62. The molecule has 0 aliphatic heterocycles. The van der Waals surface area contributed by atoms with Crippen molar-refractivity contribution < 1.29 is 0 Å². The van der Waals surface area contributed by atoms with E-state index >= 15 is 0 Å². The van der Waals surface area contributed by atoms with Crippen molar-refractivity contribution in [2.45, 2.75) is 24.2 Å². The van der Waals surface area contributed by atoms with Gasteiger partial charge in [-0.1, -0.05) is 78.4 Å². The van der Waals surface area contributed by atoms with Crippen LogP contribution in [-0.4, -0.2) is 45.6 Å². The van der Waals surface area contributed by atoms with Crippen molar-refractivity contribution in [2.75, 3.05) is 26.7 Å².